The zero-order chi connectivity index (χ0) is 23.2. The van der Waals surface area contributed by atoms with Crippen LogP contribution in [0.4, 0.5) is 0 Å². The summed E-state index contributed by atoms with van der Waals surface area (Å²) < 4.78 is 0. The first-order valence-electron chi connectivity index (χ1n) is 12.8. The summed E-state index contributed by atoms with van der Waals surface area (Å²) in [6.07, 6.45) is 5.46. The molecule has 1 aliphatic carbocycles. The van der Waals surface area contributed by atoms with Gasteiger partial charge >= 0.3 is 0 Å². The van der Waals surface area contributed by atoms with Gasteiger partial charge in [0.1, 0.15) is 6.17 Å². The smallest absolute Gasteiger partial charge is 0.225 e. The summed E-state index contributed by atoms with van der Waals surface area (Å²) in [7, 11) is 2.00. The third kappa shape index (κ3) is 4.85. The normalized spacial score (nSPS) is 43.1. The van der Waals surface area contributed by atoms with Crippen LogP contribution in [0, 0.1) is 35.0 Å². The highest BCUT2D eigenvalue weighted by molar-refractivity contribution is 5.81. The summed E-state index contributed by atoms with van der Waals surface area (Å²) in [4.78, 5) is 34.3. The maximum absolute atomic E-state index is 13.4. The topological polar surface area (TPSA) is 82.7 Å². The minimum absolute atomic E-state index is 0.0213. The first kappa shape index (κ1) is 24.0. The highest BCUT2D eigenvalue weighted by Crippen LogP contribution is 2.44. The Balaban J connectivity index is 1.38. The molecule has 3 N–H and O–H groups in total. The Morgan fingerprint density at radius 3 is 2.56 bits per heavy atom. The largest absolute Gasteiger partial charge is 0.342 e. The van der Waals surface area contributed by atoms with E-state index in [0.717, 1.165) is 45.1 Å². The number of hydrogen-bond acceptors (Lipinski definition) is 5. The Kier molecular flexibility index (Phi) is 6.91. The van der Waals surface area contributed by atoms with E-state index in [2.05, 4.69) is 50.7 Å². The lowest BCUT2D eigenvalue weighted by Gasteiger charge is -2.50. The van der Waals surface area contributed by atoms with E-state index in [0.29, 0.717) is 29.8 Å². The van der Waals surface area contributed by atoms with E-state index >= 15 is 0 Å². The molecule has 9 unspecified atom stereocenters. The lowest BCUT2D eigenvalue weighted by molar-refractivity contribution is -0.149. The number of piperidine rings is 2. The van der Waals surface area contributed by atoms with Crippen LogP contribution >= 0.6 is 0 Å². The highest BCUT2D eigenvalue weighted by atomic mass is 16.7. The van der Waals surface area contributed by atoms with Gasteiger partial charge in [0.15, 0.2) is 0 Å². The molecule has 7 nitrogen and oxygen atoms in total. The van der Waals surface area contributed by atoms with Gasteiger partial charge in [0.2, 0.25) is 11.8 Å². The molecule has 0 aromatic rings. The third-order valence-electron chi connectivity index (χ3n) is 8.82. The molecule has 1 saturated carbocycles. The molecule has 182 valence electrons. The van der Waals surface area contributed by atoms with Crippen molar-refractivity contribution in [2.45, 2.75) is 97.5 Å². The Morgan fingerprint density at radius 2 is 1.88 bits per heavy atom. The van der Waals surface area contributed by atoms with Gasteiger partial charge < -0.3 is 15.5 Å². The predicted octanol–water partition coefficient (Wildman–Crippen LogP) is 2.67. The van der Waals surface area contributed by atoms with Crippen LogP contribution in [0.15, 0.2) is 0 Å². The van der Waals surface area contributed by atoms with E-state index in [1.807, 2.05) is 11.9 Å². The number of hydrogen-bond donors (Lipinski definition) is 3. The van der Waals surface area contributed by atoms with Crippen molar-refractivity contribution in [3.05, 3.63) is 0 Å². The molecule has 4 fully saturated rings. The number of rotatable bonds is 3. The van der Waals surface area contributed by atoms with Gasteiger partial charge in [0.05, 0.1) is 6.10 Å². The van der Waals surface area contributed by atoms with Crippen molar-refractivity contribution in [3.8, 4) is 0 Å². The summed E-state index contributed by atoms with van der Waals surface area (Å²) in [5, 5.41) is 6.79. The third-order valence-corrected chi connectivity index (χ3v) is 8.82. The van der Waals surface area contributed by atoms with Crippen LogP contribution in [0.1, 0.15) is 73.1 Å². The zero-order valence-electron chi connectivity index (χ0n) is 20.8. The number of carbonyl (C=O) groups is 2. The van der Waals surface area contributed by atoms with Gasteiger partial charge in [-0.05, 0) is 62.2 Å². The molecule has 3 saturated heterocycles. The Bertz CT molecular complexity index is 708. The summed E-state index contributed by atoms with van der Waals surface area (Å²) >= 11 is 0. The molecule has 4 aliphatic rings. The van der Waals surface area contributed by atoms with Crippen molar-refractivity contribution in [2.75, 3.05) is 13.6 Å². The molecule has 3 aliphatic heterocycles. The second kappa shape index (κ2) is 9.22. The van der Waals surface area contributed by atoms with E-state index in [-0.39, 0.29) is 41.3 Å². The molecule has 7 heteroatoms. The van der Waals surface area contributed by atoms with Gasteiger partial charge in [-0.25, -0.2) is 0 Å². The number of hydroxylamine groups is 1. The fraction of sp³-hybridized carbons (Fsp3) is 0.920. The first-order chi connectivity index (χ1) is 15.0. The number of carbonyl (C=O) groups excluding carboxylic acids is 2. The predicted molar refractivity (Wildman–Crippen MR) is 124 cm³/mol. The van der Waals surface area contributed by atoms with E-state index < -0.39 is 0 Å². The fourth-order valence-corrected chi connectivity index (χ4v) is 6.59. The van der Waals surface area contributed by atoms with Crippen molar-refractivity contribution in [1.29, 1.82) is 0 Å². The van der Waals surface area contributed by atoms with Crippen molar-refractivity contribution in [2.24, 2.45) is 35.0 Å². The van der Waals surface area contributed by atoms with Crippen molar-refractivity contribution < 1.29 is 14.4 Å². The van der Waals surface area contributed by atoms with Crippen molar-refractivity contribution in [3.63, 3.8) is 0 Å². The molecule has 0 aromatic heterocycles. The van der Waals surface area contributed by atoms with E-state index in [9.17, 15) is 9.59 Å². The first-order valence-corrected chi connectivity index (χ1v) is 12.8. The Labute approximate surface area is 193 Å². The Morgan fingerprint density at radius 1 is 1.12 bits per heavy atom. The number of likely N-dealkylation sites (tertiary alicyclic amines) is 1. The van der Waals surface area contributed by atoms with Gasteiger partial charge in [0.25, 0.3) is 0 Å². The zero-order valence-corrected chi connectivity index (χ0v) is 20.8. The SMILES string of the molecule is CC1CC2C(CN1)CC(C1CC(C(=O)NC3CC(C(C)(C)C)ON3)CCC1C)C(=O)N2C. The van der Waals surface area contributed by atoms with Crippen molar-refractivity contribution >= 4 is 11.8 Å². The van der Waals surface area contributed by atoms with Gasteiger partial charge in [-0.3, -0.25) is 14.4 Å². The lowest BCUT2D eigenvalue weighted by Crippen LogP contribution is -2.60. The minimum Gasteiger partial charge on any atom is -0.342 e. The molecule has 0 radical (unpaired) electrons. The van der Waals surface area contributed by atoms with Crippen LogP contribution in [0.5, 0.6) is 0 Å². The number of amides is 2. The van der Waals surface area contributed by atoms with Crippen LogP contribution in [0.3, 0.4) is 0 Å². The number of nitrogens with one attached hydrogen (secondary N) is 3. The van der Waals surface area contributed by atoms with E-state index in [1.165, 1.54) is 0 Å². The quantitative estimate of drug-likeness (QED) is 0.618. The maximum atomic E-state index is 13.4. The second-order valence-corrected chi connectivity index (χ2v) is 12.2. The summed E-state index contributed by atoms with van der Waals surface area (Å²) in [5.74, 6) is 1.72. The molecule has 0 bridgehead atoms. The summed E-state index contributed by atoms with van der Waals surface area (Å²) in [5.41, 5.74) is 3.05. The summed E-state index contributed by atoms with van der Waals surface area (Å²) in [6, 6.07) is 0.827. The number of nitrogens with zero attached hydrogens (tertiary/aromatic N) is 1. The number of fused-ring (bicyclic) bond motifs is 1. The molecule has 32 heavy (non-hydrogen) atoms. The molecule has 0 spiro atoms. The van der Waals surface area contributed by atoms with Crippen LogP contribution in [-0.2, 0) is 14.4 Å². The maximum Gasteiger partial charge on any atom is 0.225 e. The standard InChI is InChI=1S/C25H44N4O3/c1-14-7-8-16(23(30)27-22-12-21(32-28-22)25(3,4)5)10-18(14)19-11-17-13-26-15(2)9-20(17)29(6)24(19)31/h14-22,26,28H,7-13H2,1-6H3,(H,27,30). The minimum atomic E-state index is -0.136. The lowest BCUT2D eigenvalue weighted by atomic mass is 9.64. The van der Waals surface area contributed by atoms with Crippen LogP contribution < -0.4 is 16.1 Å². The van der Waals surface area contributed by atoms with E-state index in [1.54, 1.807) is 0 Å². The highest BCUT2D eigenvalue weighted by Gasteiger charge is 2.48. The average Bonchev–Trinajstić information content (AvgIpc) is 3.20. The molecule has 0 aromatic carbocycles. The fourth-order valence-electron chi connectivity index (χ4n) is 6.59. The van der Waals surface area contributed by atoms with Crippen LogP contribution in [0.25, 0.3) is 0 Å². The average molecular weight is 449 g/mol. The van der Waals surface area contributed by atoms with Gasteiger partial charge in [-0.15, -0.1) is 0 Å². The molecular weight excluding hydrogens is 404 g/mol. The second-order valence-electron chi connectivity index (χ2n) is 12.2. The van der Waals surface area contributed by atoms with Crippen LogP contribution in [-0.4, -0.2) is 54.7 Å². The molecule has 3 heterocycles. The van der Waals surface area contributed by atoms with Crippen molar-refractivity contribution in [1.82, 2.24) is 21.0 Å². The Hall–Kier alpha value is -1.18. The van der Waals surface area contributed by atoms with E-state index in [4.69, 9.17) is 4.84 Å². The van der Waals surface area contributed by atoms with Gasteiger partial charge in [0, 0.05) is 43.9 Å². The van der Waals surface area contributed by atoms with Gasteiger partial charge in [-0.2, -0.15) is 5.48 Å². The molecule has 9 atom stereocenters. The molecule has 4 rings (SSSR count). The van der Waals surface area contributed by atoms with Crippen LogP contribution in [0.2, 0.25) is 0 Å². The van der Waals surface area contributed by atoms with Gasteiger partial charge in [-0.1, -0.05) is 27.7 Å². The molecular formula is C25H44N4O3. The monoisotopic (exact) mass is 448 g/mol. The molecule has 2 amide bonds. The summed E-state index contributed by atoms with van der Waals surface area (Å²) in [6.45, 7) is 11.9.